The SMILES string of the molecule is CC(C)NC(=O)CC[C@@H](C)C1CCC2C3C(C[C@H](O)[C@@]21C)[C@@]1(C)CC[C@H](NCCCNCCCNCCCN)CC1C[C@H]3O. The summed E-state index contributed by atoms with van der Waals surface area (Å²) in [5.41, 5.74) is 5.56. The number of fused-ring (bicyclic) bond motifs is 5. The summed E-state index contributed by atoms with van der Waals surface area (Å²) in [5.74, 6) is 2.49. The van der Waals surface area contributed by atoms with Crippen LogP contribution in [0.1, 0.15) is 112 Å². The van der Waals surface area contributed by atoms with E-state index < -0.39 is 0 Å². The number of carbonyl (C=O) groups excluding carboxylic acids is 1. The van der Waals surface area contributed by atoms with Gasteiger partial charge in [-0.2, -0.15) is 0 Å². The maximum absolute atomic E-state index is 12.4. The first-order chi connectivity index (χ1) is 21.0. The highest BCUT2D eigenvalue weighted by molar-refractivity contribution is 5.76. The first-order valence-corrected chi connectivity index (χ1v) is 18.5. The van der Waals surface area contributed by atoms with Gasteiger partial charge in [0, 0.05) is 18.5 Å². The van der Waals surface area contributed by atoms with Crippen molar-refractivity contribution in [1.82, 2.24) is 21.3 Å². The second-order valence-corrected chi connectivity index (χ2v) is 16.1. The Bertz CT molecular complexity index is 890. The molecular formula is C36H69N5O3. The summed E-state index contributed by atoms with van der Waals surface area (Å²) in [6.07, 6.45) is 11.6. The first-order valence-electron chi connectivity index (χ1n) is 18.5. The number of hydrogen-bond acceptors (Lipinski definition) is 7. The van der Waals surface area contributed by atoms with Crippen molar-refractivity contribution in [3.63, 3.8) is 0 Å². The number of nitrogens with one attached hydrogen (secondary N) is 4. The van der Waals surface area contributed by atoms with Crippen LogP contribution in [0.4, 0.5) is 0 Å². The minimum atomic E-state index is -0.332. The smallest absolute Gasteiger partial charge is 0.220 e. The zero-order chi connectivity index (χ0) is 31.9. The first kappa shape index (κ1) is 36.1. The van der Waals surface area contributed by atoms with Crippen LogP contribution in [0.3, 0.4) is 0 Å². The third-order valence-electron chi connectivity index (χ3n) is 13.1. The second kappa shape index (κ2) is 16.4. The van der Waals surface area contributed by atoms with Gasteiger partial charge in [0.1, 0.15) is 0 Å². The molecule has 0 spiro atoms. The molecular weight excluding hydrogens is 550 g/mol. The van der Waals surface area contributed by atoms with E-state index in [1.54, 1.807) is 0 Å². The topological polar surface area (TPSA) is 132 Å². The number of aliphatic hydroxyl groups is 2. The average Bonchev–Trinajstić information content (AvgIpc) is 3.34. The van der Waals surface area contributed by atoms with Crippen molar-refractivity contribution in [2.45, 2.75) is 136 Å². The number of hydrogen-bond donors (Lipinski definition) is 7. The van der Waals surface area contributed by atoms with E-state index in [1.807, 2.05) is 13.8 Å². The lowest BCUT2D eigenvalue weighted by Crippen LogP contribution is -2.62. The van der Waals surface area contributed by atoms with Crippen molar-refractivity contribution in [3.8, 4) is 0 Å². The summed E-state index contributed by atoms with van der Waals surface area (Å²) in [6.45, 7) is 17.1. The molecule has 0 bridgehead atoms. The highest BCUT2D eigenvalue weighted by Crippen LogP contribution is 2.68. The monoisotopic (exact) mass is 620 g/mol. The van der Waals surface area contributed by atoms with Gasteiger partial charge < -0.3 is 37.2 Å². The Morgan fingerprint density at radius 1 is 0.886 bits per heavy atom. The van der Waals surface area contributed by atoms with Crippen LogP contribution in [0.5, 0.6) is 0 Å². The predicted molar refractivity (Wildman–Crippen MR) is 180 cm³/mol. The van der Waals surface area contributed by atoms with Crippen LogP contribution in [0.2, 0.25) is 0 Å². The third-order valence-corrected chi connectivity index (χ3v) is 13.1. The van der Waals surface area contributed by atoms with E-state index in [9.17, 15) is 15.0 Å². The largest absolute Gasteiger partial charge is 0.393 e. The zero-order valence-electron chi connectivity index (χ0n) is 28.9. The van der Waals surface area contributed by atoms with Crippen LogP contribution in [0.15, 0.2) is 0 Å². The number of carbonyl (C=O) groups is 1. The Labute approximate surface area is 269 Å². The lowest BCUT2D eigenvalue weighted by molar-refractivity contribution is -0.202. The van der Waals surface area contributed by atoms with Crippen LogP contribution < -0.4 is 27.0 Å². The van der Waals surface area contributed by atoms with E-state index in [4.69, 9.17) is 5.73 Å². The zero-order valence-corrected chi connectivity index (χ0v) is 28.9. The average molecular weight is 620 g/mol. The Morgan fingerprint density at radius 3 is 2.25 bits per heavy atom. The van der Waals surface area contributed by atoms with Crippen LogP contribution in [-0.2, 0) is 4.79 Å². The highest BCUT2D eigenvalue weighted by atomic mass is 16.3. The molecule has 8 N–H and O–H groups in total. The van der Waals surface area contributed by atoms with Gasteiger partial charge in [-0.05, 0) is 170 Å². The van der Waals surface area contributed by atoms with Gasteiger partial charge >= 0.3 is 0 Å². The van der Waals surface area contributed by atoms with E-state index in [0.717, 1.165) is 97.1 Å². The minimum absolute atomic E-state index is 0.136. The van der Waals surface area contributed by atoms with Crippen LogP contribution >= 0.6 is 0 Å². The molecule has 0 aromatic heterocycles. The third kappa shape index (κ3) is 8.20. The molecule has 0 aromatic rings. The molecule has 0 aliphatic heterocycles. The summed E-state index contributed by atoms with van der Waals surface area (Å²) < 4.78 is 0. The molecule has 5 unspecified atom stereocenters. The van der Waals surface area contributed by atoms with Gasteiger partial charge in [-0.3, -0.25) is 4.79 Å². The number of rotatable bonds is 17. The summed E-state index contributed by atoms with van der Waals surface area (Å²) in [4.78, 5) is 12.4. The van der Waals surface area contributed by atoms with E-state index in [2.05, 4.69) is 42.0 Å². The molecule has 4 rings (SSSR count). The molecule has 0 aromatic carbocycles. The van der Waals surface area contributed by atoms with Gasteiger partial charge in [-0.15, -0.1) is 0 Å². The Balaban J connectivity index is 1.26. The van der Waals surface area contributed by atoms with Crippen LogP contribution in [-0.4, -0.2) is 79.7 Å². The van der Waals surface area contributed by atoms with Crippen molar-refractivity contribution in [2.24, 2.45) is 52.1 Å². The Morgan fingerprint density at radius 2 is 1.57 bits per heavy atom. The maximum Gasteiger partial charge on any atom is 0.220 e. The Hall–Kier alpha value is -0.770. The predicted octanol–water partition coefficient (Wildman–Crippen LogP) is 3.79. The van der Waals surface area contributed by atoms with Crippen molar-refractivity contribution in [1.29, 1.82) is 0 Å². The number of amides is 1. The molecule has 11 atom stereocenters. The minimum Gasteiger partial charge on any atom is -0.393 e. The number of aliphatic hydroxyl groups excluding tert-OH is 2. The fourth-order valence-corrected chi connectivity index (χ4v) is 10.6. The highest BCUT2D eigenvalue weighted by Gasteiger charge is 2.65. The van der Waals surface area contributed by atoms with Gasteiger partial charge in [0.05, 0.1) is 12.2 Å². The van der Waals surface area contributed by atoms with Crippen molar-refractivity contribution in [3.05, 3.63) is 0 Å². The Kier molecular flexibility index (Phi) is 13.4. The summed E-state index contributed by atoms with van der Waals surface area (Å²) >= 11 is 0. The molecule has 8 nitrogen and oxygen atoms in total. The molecule has 0 radical (unpaired) electrons. The quantitative estimate of drug-likeness (QED) is 0.123. The maximum atomic E-state index is 12.4. The molecule has 0 heterocycles. The normalized spacial score (nSPS) is 39.0. The summed E-state index contributed by atoms with van der Waals surface area (Å²) in [7, 11) is 0. The molecule has 0 saturated heterocycles. The van der Waals surface area contributed by atoms with Gasteiger partial charge in [0.15, 0.2) is 0 Å². The van der Waals surface area contributed by atoms with E-state index >= 15 is 0 Å². The summed E-state index contributed by atoms with van der Waals surface area (Å²) in [6, 6.07) is 0.705. The molecule has 1 amide bonds. The van der Waals surface area contributed by atoms with Crippen molar-refractivity contribution >= 4 is 5.91 Å². The number of nitrogens with two attached hydrogens (primary N) is 1. The molecule has 44 heavy (non-hydrogen) atoms. The van der Waals surface area contributed by atoms with Gasteiger partial charge in [0.25, 0.3) is 0 Å². The lowest BCUT2D eigenvalue weighted by Gasteiger charge is -2.63. The molecule has 4 aliphatic rings. The van der Waals surface area contributed by atoms with Gasteiger partial charge in [-0.1, -0.05) is 20.8 Å². The lowest BCUT2D eigenvalue weighted by atomic mass is 9.43. The fourth-order valence-electron chi connectivity index (χ4n) is 10.6. The van der Waals surface area contributed by atoms with E-state index in [-0.39, 0.29) is 40.9 Å². The van der Waals surface area contributed by atoms with Crippen LogP contribution in [0, 0.1) is 46.3 Å². The van der Waals surface area contributed by atoms with E-state index in [0.29, 0.717) is 42.1 Å². The van der Waals surface area contributed by atoms with Crippen molar-refractivity contribution in [2.75, 3.05) is 39.3 Å². The van der Waals surface area contributed by atoms with Crippen LogP contribution in [0.25, 0.3) is 0 Å². The van der Waals surface area contributed by atoms with Gasteiger partial charge in [-0.25, -0.2) is 0 Å². The molecule has 256 valence electrons. The standard InChI is InChI=1S/C36H69N5O3/c1-24(2)41-33(44)12-9-25(3)28-10-11-29-34-30(23-32(43)36(28,29)5)35(4)14-13-27(21-26(35)22-31(34)42)40-20-8-19-39-18-7-17-38-16-6-15-37/h24-32,34,38-40,42-43H,6-23,37H2,1-5H3,(H,41,44)/t25-,26?,27+,28?,29?,30?,31-,32+,34?,35+,36-/m1/s1. The van der Waals surface area contributed by atoms with Gasteiger partial charge in [0.2, 0.25) is 5.91 Å². The van der Waals surface area contributed by atoms with E-state index in [1.165, 1.54) is 12.8 Å². The molecule has 4 aliphatic carbocycles. The molecule has 8 heteroatoms. The second-order valence-electron chi connectivity index (χ2n) is 16.1. The van der Waals surface area contributed by atoms with Crippen molar-refractivity contribution < 1.29 is 15.0 Å². The fraction of sp³-hybridized carbons (Fsp3) is 0.972. The molecule has 4 fully saturated rings. The molecule has 4 saturated carbocycles. The summed E-state index contributed by atoms with van der Waals surface area (Å²) in [5, 5.41) is 37.6.